The van der Waals surface area contributed by atoms with Gasteiger partial charge in [-0.3, -0.25) is 9.59 Å². The van der Waals surface area contributed by atoms with Crippen LogP contribution in [-0.2, 0) is 9.59 Å². The number of rotatable bonds is 8. The lowest BCUT2D eigenvalue weighted by atomic mass is 9.79. The summed E-state index contributed by atoms with van der Waals surface area (Å²) in [6, 6.07) is 0. The molecule has 0 radical (unpaired) electrons. The molecule has 0 aliphatic heterocycles. The van der Waals surface area contributed by atoms with Gasteiger partial charge in [0.1, 0.15) is 0 Å². The van der Waals surface area contributed by atoms with Crippen molar-refractivity contribution < 1.29 is 19.8 Å². The standard InChI is InChI=1S/C11H16O4/c1-3-11(4-2,7-5-9(12)13)8-6-10(14)15/h3-4H,1-2,5-8H2,(H,12,13)(H,14,15). The molecule has 0 heterocycles. The molecule has 0 saturated heterocycles. The number of carbonyl (C=O) groups is 2. The van der Waals surface area contributed by atoms with E-state index in [0.29, 0.717) is 12.8 Å². The van der Waals surface area contributed by atoms with Crippen LogP contribution >= 0.6 is 0 Å². The van der Waals surface area contributed by atoms with E-state index in [0.717, 1.165) is 0 Å². The van der Waals surface area contributed by atoms with Crippen LogP contribution in [0.1, 0.15) is 25.7 Å². The molecule has 84 valence electrons. The molecule has 4 heteroatoms. The Morgan fingerprint density at radius 2 is 1.33 bits per heavy atom. The van der Waals surface area contributed by atoms with Crippen molar-refractivity contribution in [3.63, 3.8) is 0 Å². The van der Waals surface area contributed by atoms with Crippen LogP contribution < -0.4 is 0 Å². The molecule has 0 atom stereocenters. The van der Waals surface area contributed by atoms with E-state index >= 15 is 0 Å². The smallest absolute Gasteiger partial charge is 0.303 e. The number of carboxylic acids is 2. The molecule has 0 aromatic heterocycles. The predicted octanol–water partition coefficient (Wildman–Crippen LogP) is 2.07. The highest BCUT2D eigenvalue weighted by molar-refractivity contribution is 5.67. The molecule has 0 aromatic carbocycles. The summed E-state index contributed by atoms with van der Waals surface area (Å²) >= 11 is 0. The maximum atomic E-state index is 10.4. The molecular formula is C11H16O4. The van der Waals surface area contributed by atoms with Crippen LogP contribution in [0.3, 0.4) is 0 Å². The lowest BCUT2D eigenvalue weighted by molar-refractivity contribution is -0.137. The quantitative estimate of drug-likeness (QED) is 0.604. The average molecular weight is 212 g/mol. The Kier molecular flexibility index (Phi) is 5.37. The summed E-state index contributed by atoms with van der Waals surface area (Å²) in [5, 5.41) is 17.1. The molecule has 4 nitrogen and oxygen atoms in total. The van der Waals surface area contributed by atoms with Gasteiger partial charge in [-0.25, -0.2) is 0 Å². The van der Waals surface area contributed by atoms with Gasteiger partial charge in [0.15, 0.2) is 0 Å². The van der Waals surface area contributed by atoms with Crippen molar-refractivity contribution in [3.8, 4) is 0 Å². The molecule has 0 aliphatic rings. The van der Waals surface area contributed by atoms with Crippen LogP contribution in [0.2, 0.25) is 0 Å². The van der Waals surface area contributed by atoms with Gasteiger partial charge in [0.2, 0.25) is 0 Å². The molecule has 0 aromatic rings. The summed E-state index contributed by atoms with van der Waals surface area (Å²) < 4.78 is 0. The van der Waals surface area contributed by atoms with Crippen molar-refractivity contribution in [1.29, 1.82) is 0 Å². The zero-order valence-corrected chi connectivity index (χ0v) is 8.61. The minimum absolute atomic E-state index is 0.0162. The van der Waals surface area contributed by atoms with E-state index < -0.39 is 17.4 Å². The second-order valence-corrected chi connectivity index (χ2v) is 3.43. The topological polar surface area (TPSA) is 74.6 Å². The lowest BCUT2D eigenvalue weighted by Gasteiger charge is -2.25. The Labute approximate surface area is 88.9 Å². The van der Waals surface area contributed by atoms with Gasteiger partial charge in [-0.15, -0.1) is 13.2 Å². The fraction of sp³-hybridized carbons (Fsp3) is 0.455. The molecular weight excluding hydrogens is 196 g/mol. The van der Waals surface area contributed by atoms with Crippen LogP contribution in [0, 0.1) is 5.41 Å². The summed E-state index contributed by atoms with van der Waals surface area (Å²) in [5.74, 6) is -1.81. The first-order valence-corrected chi connectivity index (χ1v) is 4.66. The van der Waals surface area contributed by atoms with Gasteiger partial charge in [-0.1, -0.05) is 12.2 Å². The largest absolute Gasteiger partial charge is 0.481 e. The first-order chi connectivity index (χ1) is 6.95. The van der Waals surface area contributed by atoms with Crippen molar-refractivity contribution >= 4 is 11.9 Å². The van der Waals surface area contributed by atoms with E-state index in [4.69, 9.17) is 10.2 Å². The predicted molar refractivity (Wildman–Crippen MR) is 56.6 cm³/mol. The van der Waals surface area contributed by atoms with Crippen molar-refractivity contribution in [2.24, 2.45) is 5.41 Å². The van der Waals surface area contributed by atoms with Gasteiger partial charge >= 0.3 is 11.9 Å². The average Bonchev–Trinajstić information content (AvgIpc) is 2.19. The maximum Gasteiger partial charge on any atom is 0.303 e. The second-order valence-electron chi connectivity index (χ2n) is 3.43. The zero-order valence-electron chi connectivity index (χ0n) is 8.61. The first kappa shape index (κ1) is 13.4. The second kappa shape index (κ2) is 6.01. The molecule has 0 bridgehead atoms. The highest BCUT2D eigenvalue weighted by Crippen LogP contribution is 2.32. The fourth-order valence-electron chi connectivity index (χ4n) is 1.30. The third kappa shape index (κ3) is 5.00. The van der Waals surface area contributed by atoms with Crippen LogP contribution in [0.5, 0.6) is 0 Å². The lowest BCUT2D eigenvalue weighted by Crippen LogP contribution is -2.18. The number of allylic oxidation sites excluding steroid dienone is 2. The van der Waals surface area contributed by atoms with E-state index in [-0.39, 0.29) is 12.8 Å². The van der Waals surface area contributed by atoms with Gasteiger partial charge in [0, 0.05) is 18.3 Å². The Balaban J connectivity index is 4.42. The molecule has 0 fully saturated rings. The molecule has 0 unspecified atom stereocenters. The Morgan fingerprint density at radius 1 is 1.00 bits per heavy atom. The summed E-state index contributed by atoms with van der Waals surface area (Å²) in [6.07, 6.45) is 3.79. The fourth-order valence-corrected chi connectivity index (χ4v) is 1.30. The molecule has 0 aliphatic carbocycles. The third-order valence-electron chi connectivity index (χ3n) is 2.42. The van der Waals surface area contributed by atoms with Crippen molar-refractivity contribution in [3.05, 3.63) is 25.3 Å². The van der Waals surface area contributed by atoms with Crippen LogP contribution in [0.15, 0.2) is 25.3 Å². The molecule has 0 amide bonds. The summed E-state index contributed by atoms with van der Waals surface area (Å²) in [6.45, 7) is 7.21. The summed E-state index contributed by atoms with van der Waals surface area (Å²) in [7, 11) is 0. The SMILES string of the molecule is C=CC(C=C)(CCC(=O)O)CCC(=O)O. The molecule has 0 spiro atoms. The zero-order chi connectivity index (χ0) is 11.9. The van der Waals surface area contributed by atoms with Gasteiger partial charge in [0.25, 0.3) is 0 Å². The molecule has 0 saturated carbocycles. The highest BCUT2D eigenvalue weighted by atomic mass is 16.4. The van der Waals surface area contributed by atoms with E-state index in [2.05, 4.69) is 13.2 Å². The number of carboxylic acid groups (broad SMARTS) is 2. The van der Waals surface area contributed by atoms with Crippen LogP contribution in [-0.4, -0.2) is 22.2 Å². The minimum Gasteiger partial charge on any atom is -0.481 e. The normalized spacial score (nSPS) is 10.7. The van der Waals surface area contributed by atoms with Gasteiger partial charge in [0.05, 0.1) is 0 Å². The van der Waals surface area contributed by atoms with Crippen molar-refractivity contribution in [2.75, 3.05) is 0 Å². The van der Waals surface area contributed by atoms with Crippen molar-refractivity contribution in [2.45, 2.75) is 25.7 Å². The number of aliphatic carboxylic acids is 2. The Hall–Kier alpha value is -1.58. The maximum absolute atomic E-state index is 10.4. The van der Waals surface area contributed by atoms with Crippen LogP contribution in [0.4, 0.5) is 0 Å². The minimum atomic E-state index is -0.904. The highest BCUT2D eigenvalue weighted by Gasteiger charge is 2.24. The van der Waals surface area contributed by atoms with E-state index in [1.165, 1.54) is 0 Å². The van der Waals surface area contributed by atoms with Gasteiger partial charge in [-0.2, -0.15) is 0 Å². The van der Waals surface area contributed by atoms with E-state index in [1.807, 2.05) is 0 Å². The number of hydrogen-bond donors (Lipinski definition) is 2. The first-order valence-electron chi connectivity index (χ1n) is 4.66. The van der Waals surface area contributed by atoms with E-state index in [1.54, 1.807) is 12.2 Å². The van der Waals surface area contributed by atoms with E-state index in [9.17, 15) is 9.59 Å². The Morgan fingerprint density at radius 3 is 1.53 bits per heavy atom. The summed E-state index contributed by atoms with van der Waals surface area (Å²) in [5.41, 5.74) is -0.587. The van der Waals surface area contributed by atoms with Gasteiger partial charge < -0.3 is 10.2 Å². The summed E-state index contributed by atoms with van der Waals surface area (Å²) in [4.78, 5) is 20.9. The molecule has 0 rings (SSSR count). The molecule has 15 heavy (non-hydrogen) atoms. The van der Waals surface area contributed by atoms with Crippen LogP contribution in [0.25, 0.3) is 0 Å². The van der Waals surface area contributed by atoms with Crippen molar-refractivity contribution in [1.82, 2.24) is 0 Å². The Bertz CT molecular complexity index is 240. The number of hydrogen-bond acceptors (Lipinski definition) is 2. The monoisotopic (exact) mass is 212 g/mol. The van der Waals surface area contributed by atoms with Gasteiger partial charge in [-0.05, 0) is 12.8 Å². The third-order valence-corrected chi connectivity index (χ3v) is 2.42. The molecule has 2 N–H and O–H groups in total.